The molecule has 0 bridgehead atoms. The van der Waals surface area contributed by atoms with Gasteiger partial charge in [0, 0.05) is 12.8 Å². The van der Waals surface area contributed by atoms with Crippen molar-refractivity contribution in [2.24, 2.45) is 0 Å². The van der Waals surface area contributed by atoms with Gasteiger partial charge < -0.3 is 24.2 Å². The minimum Gasteiger partial charge on any atom is -0.477 e. The molecule has 0 aromatic heterocycles. The Morgan fingerprint density at radius 3 is 1.95 bits per heavy atom. The number of carboxylic acids is 1. The molecular weight excluding hydrogens is 470 g/mol. The van der Waals surface area contributed by atoms with Crippen LogP contribution in [0.2, 0.25) is 0 Å². The fourth-order valence-corrected chi connectivity index (χ4v) is 3.55. The maximum absolute atomic E-state index is 11.8. The van der Waals surface area contributed by atoms with Gasteiger partial charge in [0.2, 0.25) is 0 Å². The van der Waals surface area contributed by atoms with Crippen LogP contribution in [-0.2, 0) is 19.1 Å². The molecule has 0 saturated heterocycles. The number of hydrogen-bond donors (Lipinski definition) is 2. The Hall–Kier alpha value is -2.22. The highest BCUT2D eigenvalue weighted by molar-refractivity contribution is 5.72. The minimum atomic E-state index is -0.914. The van der Waals surface area contributed by atoms with E-state index in [1.54, 1.807) is 0 Å². The molecule has 0 fully saturated rings. The lowest BCUT2D eigenvalue weighted by atomic mass is 10.1. The van der Waals surface area contributed by atoms with Gasteiger partial charge in [-0.05, 0) is 44.9 Å². The molecule has 2 unspecified atom stereocenters. The Labute approximate surface area is 225 Å². The summed E-state index contributed by atoms with van der Waals surface area (Å²) in [6.45, 7) is 2.26. The van der Waals surface area contributed by atoms with Crippen molar-refractivity contribution >= 4 is 11.9 Å². The summed E-state index contributed by atoms with van der Waals surface area (Å²) in [6, 6.07) is -0.580. The summed E-state index contributed by atoms with van der Waals surface area (Å²) in [4.78, 5) is 23.2. The van der Waals surface area contributed by atoms with Gasteiger partial charge in [-0.25, -0.2) is 4.79 Å². The molecule has 0 rings (SSSR count). The number of unbranched alkanes of at least 4 members (excludes halogenated alkanes) is 4. The van der Waals surface area contributed by atoms with E-state index in [9.17, 15) is 19.8 Å². The van der Waals surface area contributed by atoms with Crippen LogP contribution in [0.25, 0.3) is 0 Å². The fourth-order valence-electron chi connectivity index (χ4n) is 3.55. The number of hydrogen-bond acceptors (Lipinski definition) is 5. The number of likely N-dealkylation sites (N-methyl/N-ethyl adjacent to an activating group) is 1. The number of aliphatic hydroxyl groups is 1. The van der Waals surface area contributed by atoms with Crippen molar-refractivity contribution in [3.63, 3.8) is 0 Å². The van der Waals surface area contributed by atoms with E-state index in [0.717, 1.165) is 57.8 Å². The number of quaternary nitrogens is 1. The number of nitrogens with zero attached hydrogens (tertiary/aromatic N) is 1. The van der Waals surface area contributed by atoms with Gasteiger partial charge in [0.1, 0.15) is 12.7 Å². The summed E-state index contributed by atoms with van der Waals surface area (Å²) >= 11 is 0. The number of carboxylic acid groups (broad SMARTS) is 1. The van der Waals surface area contributed by atoms with Crippen molar-refractivity contribution in [1.82, 2.24) is 0 Å². The molecule has 0 heterocycles. The van der Waals surface area contributed by atoms with Crippen LogP contribution in [-0.4, -0.2) is 79.7 Å². The topological polar surface area (TPSA) is 93.1 Å². The number of carbonyl (C=O) groups excluding carboxylic acids is 1. The number of aliphatic carboxylic acids is 1. The molecule has 0 aliphatic heterocycles. The molecule has 37 heavy (non-hydrogen) atoms. The van der Waals surface area contributed by atoms with E-state index in [2.05, 4.69) is 55.5 Å². The Kier molecular flexibility index (Phi) is 21.6. The number of aliphatic hydroxyl groups excluding tert-OH is 1. The van der Waals surface area contributed by atoms with Gasteiger partial charge in [-0.1, -0.05) is 68.4 Å². The second-order valence-corrected chi connectivity index (χ2v) is 10.1. The predicted molar refractivity (Wildman–Crippen MR) is 150 cm³/mol. The summed E-state index contributed by atoms with van der Waals surface area (Å²) in [5.41, 5.74) is 0. The first-order valence-electron chi connectivity index (χ1n) is 13.7. The van der Waals surface area contributed by atoms with Gasteiger partial charge in [0.15, 0.2) is 6.04 Å². The third-order valence-electron chi connectivity index (χ3n) is 5.72. The number of carbonyl (C=O) groups is 2. The normalized spacial score (nSPS) is 14.3. The Morgan fingerprint density at radius 1 is 0.811 bits per heavy atom. The largest absolute Gasteiger partial charge is 0.477 e. The molecule has 0 spiro atoms. The van der Waals surface area contributed by atoms with E-state index in [4.69, 9.17) is 9.47 Å². The number of esters is 1. The smallest absolute Gasteiger partial charge is 0.362 e. The van der Waals surface area contributed by atoms with Crippen molar-refractivity contribution in [1.29, 1.82) is 0 Å². The van der Waals surface area contributed by atoms with Crippen LogP contribution in [0.5, 0.6) is 0 Å². The van der Waals surface area contributed by atoms with Crippen molar-refractivity contribution in [2.45, 2.75) is 89.7 Å². The summed E-state index contributed by atoms with van der Waals surface area (Å²) in [6.07, 6.45) is 26.4. The zero-order chi connectivity index (χ0) is 27.8. The highest BCUT2D eigenvalue weighted by Crippen LogP contribution is 2.09. The SMILES string of the molecule is CC/C=C\C/C=C\C/C=C\C/C=C\CCCCCCC(=O)OCC(O)COCCC(C(=O)O)[N+](C)(C)C. The van der Waals surface area contributed by atoms with Crippen LogP contribution < -0.4 is 0 Å². The van der Waals surface area contributed by atoms with E-state index in [1.807, 2.05) is 21.1 Å². The molecule has 0 saturated carbocycles. The summed E-state index contributed by atoms with van der Waals surface area (Å²) in [5.74, 6) is -1.19. The molecule has 0 amide bonds. The van der Waals surface area contributed by atoms with Crippen LogP contribution >= 0.6 is 0 Å². The lowest BCUT2D eigenvalue weighted by Crippen LogP contribution is -2.50. The van der Waals surface area contributed by atoms with Crippen LogP contribution in [0.15, 0.2) is 48.6 Å². The maximum atomic E-state index is 11.8. The first-order chi connectivity index (χ1) is 17.7. The monoisotopic (exact) mass is 522 g/mol. The number of rotatable bonds is 23. The van der Waals surface area contributed by atoms with Crippen LogP contribution in [0, 0.1) is 0 Å². The quantitative estimate of drug-likeness (QED) is 0.0785. The van der Waals surface area contributed by atoms with Gasteiger partial charge in [-0.3, -0.25) is 4.79 Å². The maximum Gasteiger partial charge on any atom is 0.362 e. The lowest BCUT2D eigenvalue weighted by Gasteiger charge is -2.31. The zero-order valence-electron chi connectivity index (χ0n) is 23.6. The molecule has 0 aliphatic carbocycles. The highest BCUT2D eigenvalue weighted by Gasteiger charge is 2.30. The summed E-state index contributed by atoms with van der Waals surface area (Å²) in [5, 5.41) is 19.2. The molecule has 2 atom stereocenters. The standard InChI is InChI=1S/C30H51NO6/c1-5-6-7-8-9-10-11-12-13-14-15-16-17-18-19-20-21-22-29(33)37-26-27(32)25-36-24-23-28(30(34)35)31(2,3)4/h6-7,9-10,12-13,15-16,27-28,32H,5,8,11,14,17-26H2,1-4H3/p+1/b7-6-,10-9-,13-12-,16-15-. The molecule has 212 valence electrons. The molecule has 0 aromatic rings. The van der Waals surface area contributed by atoms with E-state index in [0.29, 0.717) is 17.3 Å². The second-order valence-electron chi connectivity index (χ2n) is 10.1. The predicted octanol–water partition coefficient (Wildman–Crippen LogP) is 5.60. The van der Waals surface area contributed by atoms with E-state index < -0.39 is 18.1 Å². The van der Waals surface area contributed by atoms with Crippen LogP contribution in [0.4, 0.5) is 0 Å². The third kappa shape index (κ3) is 22.7. The highest BCUT2D eigenvalue weighted by atomic mass is 16.5. The average Bonchev–Trinajstić information content (AvgIpc) is 2.83. The summed E-state index contributed by atoms with van der Waals surface area (Å²) < 4.78 is 10.8. The first kappa shape index (κ1) is 34.8. The van der Waals surface area contributed by atoms with Gasteiger partial charge in [-0.2, -0.15) is 0 Å². The van der Waals surface area contributed by atoms with E-state index in [1.165, 1.54) is 0 Å². The molecule has 7 heteroatoms. The molecular formula is C30H52NO6+. The van der Waals surface area contributed by atoms with Crippen molar-refractivity contribution in [2.75, 3.05) is 41.0 Å². The zero-order valence-corrected chi connectivity index (χ0v) is 23.6. The van der Waals surface area contributed by atoms with Crippen molar-refractivity contribution < 1.29 is 33.8 Å². The lowest BCUT2D eigenvalue weighted by molar-refractivity contribution is -0.887. The van der Waals surface area contributed by atoms with Crippen molar-refractivity contribution in [3.05, 3.63) is 48.6 Å². The van der Waals surface area contributed by atoms with Crippen molar-refractivity contribution in [3.8, 4) is 0 Å². The molecule has 0 aliphatic rings. The molecule has 7 nitrogen and oxygen atoms in total. The van der Waals surface area contributed by atoms with Crippen LogP contribution in [0.3, 0.4) is 0 Å². The minimum absolute atomic E-state index is 0.00800. The van der Waals surface area contributed by atoms with E-state index in [-0.39, 0.29) is 25.8 Å². The fraction of sp³-hybridized carbons (Fsp3) is 0.667. The summed E-state index contributed by atoms with van der Waals surface area (Å²) in [7, 11) is 5.46. The first-order valence-corrected chi connectivity index (χ1v) is 13.7. The van der Waals surface area contributed by atoms with E-state index >= 15 is 0 Å². The van der Waals surface area contributed by atoms with Gasteiger partial charge in [-0.15, -0.1) is 0 Å². The van der Waals surface area contributed by atoms with Crippen LogP contribution in [0.1, 0.15) is 77.6 Å². The van der Waals surface area contributed by atoms with Gasteiger partial charge in [0.25, 0.3) is 0 Å². The average molecular weight is 523 g/mol. The molecule has 0 aromatic carbocycles. The second kappa shape index (κ2) is 22.9. The molecule has 2 N–H and O–H groups in total. The third-order valence-corrected chi connectivity index (χ3v) is 5.72. The van der Waals surface area contributed by atoms with Gasteiger partial charge >= 0.3 is 11.9 Å². The Morgan fingerprint density at radius 2 is 1.38 bits per heavy atom. The number of allylic oxidation sites excluding steroid dienone is 8. The van der Waals surface area contributed by atoms with Gasteiger partial charge in [0.05, 0.1) is 34.4 Å². The number of ether oxygens (including phenoxy) is 2. The Balaban J connectivity index is 3.66. The molecule has 0 radical (unpaired) electrons. The Bertz CT molecular complexity index is 705.